The topological polar surface area (TPSA) is 96.3 Å². The van der Waals surface area contributed by atoms with Crippen molar-refractivity contribution in [2.75, 3.05) is 0 Å². The van der Waals surface area contributed by atoms with Crippen molar-refractivity contribution in [3.63, 3.8) is 0 Å². The molecule has 0 saturated heterocycles. The van der Waals surface area contributed by atoms with Gasteiger partial charge >= 0.3 is 0 Å². The number of hydrogen-bond acceptors (Lipinski definition) is 4. The molecule has 0 bridgehead atoms. The zero-order valence-corrected chi connectivity index (χ0v) is 14.8. The summed E-state index contributed by atoms with van der Waals surface area (Å²) in [5.41, 5.74) is 2.50. The van der Waals surface area contributed by atoms with Crippen LogP contribution in [0.3, 0.4) is 0 Å². The predicted octanol–water partition coefficient (Wildman–Crippen LogP) is 0.129. The van der Waals surface area contributed by atoms with E-state index in [-0.39, 0.29) is 0 Å². The van der Waals surface area contributed by atoms with Gasteiger partial charge in [0, 0.05) is 18.2 Å². The molecular formula is C21H14ClNO4. The summed E-state index contributed by atoms with van der Waals surface area (Å²) in [7, 11) is -4.94. The average Bonchev–Trinajstić information content (AvgIpc) is 2.66. The molecule has 6 heteroatoms. The lowest BCUT2D eigenvalue weighted by Crippen LogP contribution is -2.68. The van der Waals surface area contributed by atoms with Crippen molar-refractivity contribution in [1.82, 2.24) is 0 Å². The Morgan fingerprint density at radius 3 is 1.74 bits per heavy atom. The third-order valence-electron chi connectivity index (χ3n) is 4.51. The van der Waals surface area contributed by atoms with E-state index < -0.39 is 10.2 Å². The highest BCUT2D eigenvalue weighted by Gasteiger charge is 2.13. The Morgan fingerprint density at radius 1 is 0.519 bits per heavy atom. The molecular weight excluding hydrogens is 366 g/mol. The quantitative estimate of drug-likeness (QED) is 0.282. The molecule has 0 amide bonds. The summed E-state index contributed by atoms with van der Waals surface area (Å²) in [5.74, 6) is 0. The SMILES string of the molecule is [O-][Cl+3]([O-])([O-])[O-].c1ccc2c(c1)ccc1c2ccc2c3ccccc3cc[n+]21. The largest absolute Gasteiger partial charge is 0.222 e. The lowest BCUT2D eigenvalue weighted by atomic mass is 10.0. The van der Waals surface area contributed by atoms with Crippen LogP contribution in [0.2, 0.25) is 0 Å². The molecule has 5 nitrogen and oxygen atoms in total. The van der Waals surface area contributed by atoms with E-state index in [1.165, 1.54) is 38.0 Å². The lowest BCUT2D eigenvalue weighted by molar-refractivity contribution is -2.00. The van der Waals surface area contributed by atoms with Gasteiger partial charge in [-0.25, -0.2) is 18.6 Å². The summed E-state index contributed by atoms with van der Waals surface area (Å²) < 4.78 is 36.3. The molecule has 2 heterocycles. The summed E-state index contributed by atoms with van der Waals surface area (Å²) in [5, 5.41) is 6.46. The van der Waals surface area contributed by atoms with E-state index in [9.17, 15) is 0 Å². The number of rotatable bonds is 0. The van der Waals surface area contributed by atoms with Crippen molar-refractivity contribution in [1.29, 1.82) is 0 Å². The van der Waals surface area contributed by atoms with Crippen molar-refractivity contribution >= 4 is 38.0 Å². The van der Waals surface area contributed by atoms with Crippen LogP contribution in [-0.2, 0) is 0 Å². The maximum Gasteiger partial charge on any atom is 0.219 e. The third kappa shape index (κ3) is 3.55. The van der Waals surface area contributed by atoms with Crippen LogP contribution < -0.4 is 23.0 Å². The molecule has 0 fully saturated rings. The summed E-state index contributed by atoms with van der Waals surface area (Å²) in [4.78, 5) is 0. The van der Waals surface area contributed by atoms with Crippen molar-refractivity contribution in [2.45, 2.75) is 0 Å². The Morgan fingerprint density at radius 2 is 1.04 bits per heavy atom. The van der Waals surface area contributed by atoms with Crippen LogP contribution in [-0.4, -0.2) is 0 Å². The Labute approximate surface area is 156 Å². The Hall–Kier alpha value is -2.80. The lowest BCUT2D eigenvalue weighted by Gasteiger charge is -2.17. The minimum atomic E-state index is -4.94. The number of benzene rings is 3. The maximum atomic E-state index is 8.49. The minimum Gasteiger partial charge on any atom is -0.222 e. The van der Waals surface area contributed by atoms with Crippen molar-refractivity contribution in [3.8, 4) is 0 Å². The first kappa shape index (κ1) is 17.6. The van der Waals surface area contributed by atoms with E-state index in [4.69, 9.17) is 18.6 Å². The van der Waals surface area contributed by atoms with Gasteiger partial charge in [0.15, 0.2) is 6.20 Å². The molecule has 0 spiro atoms. The smallest absolute Gasteiger partial charge is 0.219 e. The number of hydrogen-bond donors (Lipinski definition) is 0. The average molecular weight is 380 g/mol. The Kier molecular flexibility index (Phi) is 4.39. The fourth-order valence-corrected chi connectivity index (χ4v) is 3.45. The van der Waals surface area contributed by atoms with Crippen molar-refractivity contribution in [3.05, 3.63) is 85.1 Å². The second-order valence-electron chi connectivity index (χ2n) is 6.09. The first-order chi connectivity index (χ1) is 12.9. The molecule has 134 valence electrons. The van der Waals surface area contributed by atoms with Gasteiger partial charge in [-0.3, -0.25) is 0 Å². The van der Waals surface area contributed by atoms with Crippen LogP contribution in [0.4, 0.5) is 0 Å². The third-order valence-corrected chi connectivity index (χ3v) is 4.51. The van der Waals surface area contributed by atoms with E-state index in [2.05, 4.69) is 89.5 Å². The van der Waals surface area contributed by atoms with E-state index >= 15 is 0 Å². The molecule has 0 unspecified atom stereocenters. The van der Waals surface area contributed by atoms with Gasteiger partial charge in [-0.05, 0) is 34.4 Å². The van der Waals surface area contributed by atoms with E-state index in [1.807, 2.05) is 0 Å². The standard InChI is InChI=1S/C21H14N.ClHO4/c1-3-7-17-15(5-1)9-11-21-19(17)10-12-20-18-8-4-2-6-16(18)13-14-22(20)21;2-1(3,4)5/h1-14H;(H,2,3,4,5)/q+1;/p-1. The Balaban J connectivity index is 0.000000323. The molecule has 27 heavy (non-hydrogen) atoms. The van der Waals surface area contributed by atoms with E-state index in [0.717, 1.165) is 0 Å². The van der Waals surface area contributed by atoms with Gasteiger partial charge in [0.05, 0.1) is 10.8 Å². The summed E-state index contributed by atoms with van der Waals surface area (Å²) in [6.45, 7) is 0. The first-order valence-electron chi connectivity index (χ1n) is 8.17. The first-order valence-corrected chi connectivity index (χ1v) is 9.41. The van der Waals surface area contributed by atoms with E-state index in [1.54, 1.807) is 0 Å². The highest BCUT2D eigenvalue weighted by atomic mass is 35.7. The molecule has 0 atom stereocenters. The number of aromatic nitrogens is 1. The molecule has 2 aromatic heterocycles. The monoisotopic (exact) mass is 379 g/mol. The van der Waals surface area contributed by atoms with Crippen molar-refractivity contribution < 1.29 is 33.3 Å². The number of pyridine rings is 2. The van der Waals surface area contributed by atoms with Gasteiger partial charge in [-0.2, -0.15) is 4.40 Å². The van der Waals surface area contributed by atoms with Gasteiger partial charge < -0.3 is 0 Å². The molecule has 0 N–H and O–H groups in total. The molecule has 5 aromatic rings. The number of nitrogens with zero attached hydrogens (tertiary/aromatic N) is 1. The van der Waals surface area contributed by atoms with Gasteiger partial charge in [0.1, 0.15) is 0 Å². The zero-order chi connectivity index (χ0) is 19.0. The second-order valence-corrected chi connectivity index (χ2v) is 6.84. The number of fused-ring (bicyclic) bond motifs is 7. The van der Waals surface area contributed by atoms with Crippen LogP contribution in [0.15, 0.2) is 85.1 Å². The Bertz CT molecular complexity index is 1180. The second kappa shape index (κ2) is 6.74. The molecule has 0 saturated carbocycles. The molecule has 0 aliphatic rings. The minimum absolute atomic E-state index is 1.25. The fourth-order valence-electron chi connectivity index (χ4n) is 3.45. The van der Waals surface area contributed by atoms with Crippen LogP contribution in [0, 0.1) is 10.2 Å². The zero-order valence-electron chi connectivity index (χ0n) is 14.0. The molecule has 0 aliphatic carbocycles. The normalized spacial score (nSPS) is 11.7. The molecule has 3 aromatic carbocycles. The maximum absolute atomic E-state index is 8.49. The highest BCUT2D eigenvalue weighted by Crippen LogP contribution is 2.25. The van der Waals surface area contributed by atoms with Gasteiger partial charge in [0.25, 0.3) is 0 Å². The molecule has 5 rings (SSSR count). The van der Waals surface area contributed by atoms with Crippen molar-refractivity contribution in [2.24, 2.45) is 0 Å². The molecule has 0 aliphatic heterocycles. The predicted molar refractivity (Wildman–Crippen MR) is 92.1 cm³/mol. The van der Waals surface area contributed by atoms with Gasteiger partial charge in [-0.1, -0.05) is 42.5 Å². The summed E-state index contributed by atoms with van der Waals surface area (Å²) in [6.07, 6.45) is 2.18. The van der Waals surface area contributed by atoms with Crippen LogP contribution in [0.1, 0.15) is 0 Å². The summed E-state index contributed by atoms with van der Waals surface area (Å²) in [6, 6.07) is 28.2. The molecule has 0 radical (unpaired) electrons. The van der Waals surface area contributed by atoms with Crippen LogP contribution in [0.5, 0.6) is 0 Å². The highest BCUT2D eigenvalue weighted by molar-refractivity contribution is 6.06. The summed E-state index contributed by atoms with van der Waals surface area (Å²) >= 11 is 0. The van der Waals surface area contributed by atoms with Crippen LogP contribution in [0.25, 0.3) is 38.0 Å². The fraction of sp³-hybridized carbons (Fsp3) is 0. The van der Waals surface area contributed by atoms with Crippen LogP contribution >= 0.6 is 0 Å². The number of halogens is 1. The van der Waals surface area contributed by atoms with Gasteiger partial charge in [-0.15, -0.1) is 10.2 Å². The van der Waals surface area contributed by atoms with Gasteiger partial charge in [0.2, 0.25) is 11.0 Å². The van der Waals surface area contributed by atoms with E-state index in [0.29, 0.717) is 0 Å².